The Hall–Kier alpha value is -2.82. The number of benzene rings is 1. The number of nitrogens with zero attached hydrogens (tertiary/aromatic N) is 6. The number of aryl methyl sites for hydroxylation is 1. The highest BCUT2D eigenvalue weighted by atomic mass is 32.2. The Labute approximate surface area is 199 Å². The minimum Gasteiger partial charge on any atom is -0.472 e. The van der Waals surface area contributed by atoms with Crippen LogP contribution in [0.4, 0.5) is 0 Å². The standard InChI is InChI=1S/C24H28N6O3S/c1-28-23(7-8-27-28)18-3-2-4-21(11-18)34(31,32)30-10-9-29-16-20(12-19(29)15-30)33-24-14-25-22(13-26-24)17-5-6-17/h2-4,7-8,11,13-14,17,19-20H,5-6,9-10,12,15-16H2,1H3/t19-,20+/m0/s1. The fraction of sp³-hybridized carbons (Fsp3) is 0.458. The van der Waals surface area contributed by atoms with Crippen LogP contribution in [0.15, 0.2) is 53.8 Å². The summed E-state index contributed by atoms with van der Waals surface area (Å²) >= 11 is 0. The molecule has 6 rings (SSSR count). The number of aromatic nitrogens is 4. The van der Waals surface area contributed by atoms with Gasteiger partial charge in [0.2, 0.25) is 15.9 Å². The van der Waals surface area contributed by atoms with Gasteiger partial charge in [-0.2, -0.15) is 9.40 Å². The van der Waals surface area contributed by atoms with Gasteiger partial charge in [-0.25, -0.2) is 13.4 Å². The minimum absolute atomic E-state index is 0.0121. The molecule has 0 unspecified atom stereocenters. The molecule has 3 aliphatic rings. The molecule has 9 nitrogen and oxygen atoms in total. The van der Waals surface area contributed by atoms with Crippen LogP contribution in [-0.4, -0.2) is 75.7 Å². The van der Waals surface area contributed by atoms with Crippen molar-refractivity contribution in [1.29, 1.82) is 0 Å². The third kappa shape index (κ3) is 4.10. The van der Waals surface area contributed by atoms with Crippen molar-refractivity contribution < 1.29 is 13.2 Å². The van der Waals surface area contributed by atoms with E-state index in [-0.39, 0.29) is 12.1 Å². The molecule has 178 valence electrons. The van der Waals surface area contributed by atoms with Crippen molar-refractivity contribution in [2.75, 3.05) is 26.2 Å². The first-order valence-electron chi connectivity index (χ1n) is 11.8. The summed E-state index contributed by atoms with van der Waals surface area (Å²) in [6.07, 6.45) is 8.40. The maximum Gasteiger partial charge on any atom is 0.243 e. The molecular weight excluding hydrogens is 452 g/mol. The molecule has 1 aliphatic carbocycles. The van der Waals surface area contributed by atoms with Crippen LogP contribution in [-0.2, 0) is 17.1 Å². The van der Waals surface area contributed by atoms with E-state index in [0.717, 1.165) is 29.9 Å². The summed E-state index contributed by atoms with van der Waals surface area (Å²) < 4.78 is 36.4. The molecular formula is C24H28N6O3S. The molecule has 2 saturated heterocycles. The molecule has 10 heteroatoms. The van der Waals surface area contributed by atoms with Crippen molar-refractivity contribution in [3.05, 3.63) is 54.6 Å². The zero-order valence-corrected chi connectivity index (χ0v) is 19.9. The third-order valence-corrected chi connectivity index (χ3v) is 8.92. The molecule has 0 radical (unpaired) electrons. The van der Waals surface area contributed by atoms with E-state index in [1.807, 2.05) is 25.4 Å². The number of hydrogen-bond acceptors (Lipinski definition) is 7. The Morgan fingerprint density at radius 1 is 1.06 bits per heavy atom. The average Bonchev–Trinajstić information content (AvgIpc) is 3.48. The highest BCUT2D eigenvalue weighted by molar-refractivity contribution is 7.89. The smallest absolute Gasteiger partial charge is 0.243 e. The van der Waals surface area contributed by atoms with Gasteiger partial charge in [-0.3, -0.25) is 14.6 Å². The lowest BCUT2D eigenvalue weighted by Crippen LogP contribution is -2.51. The first-order valence-corrected chi connectivity index (χ1v) is 13.2. The number of sulfonamides is 1. The molecule has 0 bridgehead atoms. The highest BCUT2D eigenvalue weighted by Crippen LogP contribution is 2.38. The summed E-state index contributed by atoms with van der Waals surface area (Å²) in [5.41, 5.74) is 2.76. The zero-order chi connectivity index (χ0) is 23.3. The van der Waals surface area contributed by atoms with Gasteiger partial charge in [0.15, 0.2) is 0 Å². The molecule has 0 amide bonds. The van der Waals surface area contributed by atoms with E-state index in [2.05, 4.69) is 20.0 Å². The fourth-order valence-electron chi connectivity index (χ4n) is 5.04. The van der Waals surface area contributed by atoms with E-state index in [0.29, 0.717) is 36.3 Å². The van der Waals surface area contributed by atoms with Gasteiger partial charge in [0.1, 0.15) is 6.10 Å². The summed E-state index contributed by atoms with van der Waals surface area (Å²) in [4.78, 5) is 11.6. The summed E-state index contributed by atoms with van der Waals surface area (Å²) in [6, 6.07) is 9.13. The maximum atomic E-state index is 13.5. The molecule has 3 fully saturated rings. The van der Waals surface area contributed by atoms with Gasteiger partial charge in [0, 0.05) is 63.4 Å². The van der Waals surface area contributed by atoms with Crippen molar-refractivity contribution in [1.82, 2.24) is 29.0 Å². The Bertz CT molecular complexity index is 1290. The molecule has 1 saturated carbocycles. The van der Waals surface area contributed by atoms with Crippen LogP contribution in [0, 0.1) is 0 Å². The Morgan fingerprint density at radius 2 is 1.94 bits per heavy atom. The first kappa shape index (κ1) is 21.7. The van der Waals surface area contributed by atoms with Gasteiger partial charge in [0.05, 0.1) is 28.7 Å². The fourth-order valence-corrected chi connectivity index (χ4v) is 6.56. The quantitative estimate of drug-likeness (QED) is 0.534. The van der Waals surface area contributed by atoms with E-state index in [1.165, 1.54) is 12.8 Å². The molecule has 2 aliphatic heterocycles. The number of piperazine rings is 1. The van der Waals surface area contributed by atoms with Gasteiger partial charge in [-0.15, -0.1) is 0 Å². The molecule has 34 heavy (non-hydrogen) atoms. The van der Waals surface area contributed by atoms with Crippen molar-refractivity contribution >= 4 is 10.0 Å². The van der Waals surface area contributed by atoms with Crippen molar-refractivity contribution in [3.63, 3.8) is 0 Å². The van der Waals surface area contributed by atoms with Crippen molar-refractivity contribution in [3.8, 4) is 17.1 Å². The number of fused-ring (bicyclic) bond motifs is 1. The molecule has 4 heterocycles. The number of hydrogen-bond donors (Lipinski definition) is 0. The maximum absolute atomic E-state index is 13.5. The topological polar surface area (TPSA) is 93.5 Å². The number of rotatable bonds is 6. The zero-order valence-electron chi connectivity index (χ0n) is 19.1. The molecule has 3 aromatic rings. The van der Waals surface area contributed by atoms with Crippen molar-refractivity contribution in [2.45, 2.75) is 42.2 Å². The number of ether oxygens (including phenoxy) is 1. The lowest BCUT2D eigenvalue weighted by molar-refractivity contribution is 0.151. The first-order chi connectivity index (χ1) is 16.5. The predicted octanol–water partition coefficient (Wildman–Crippen LogP) is 2.28. The Morgan fingerprint density at radius 3 is 2.68 bits per heavy atom. The lowest BCUT2D eigenvalue weighted by Gasteiger charge is -2.36. The highest BCUT2D eigenvalue weighted by Gasteiger charge is 2.41. The molecule has 1 aromatic carbocycles. The van der Waals surface area contributed by atoms with Gasteiger partial charge in [0.25, 0.3) is 0 Å². The second-order valence-electron chi connectivity index (χ2n) is 9.41. The SMILES string of the molecule is Cn1nccc1-c1cccc(S(=O)(=O)N2CCN3C[C@H](Oc4cnc(C5CC5)cn4)C[C@H]3C2)c1. The molecule has 0 N–H and O–H groups in total. The van der Waals surface area contributed by atoms with Gasteiger partial charge in [-0.05, 0) is 31.0 Å². The molecule has 2 atom stereocenters. The second-order valence-corrected chi connectivity index (χ2v) is 11.3. The Balaban J connectivity index is 1.13. The van der Waals surface area contributed by atoms with E-state index in [4.69, 9.17) is 4.74 Å². The average molecular weight is 481 g/mol. The van der Waals surface area contributed by atoms with E-state index in [1.54, 1.807) is 39.6 Å². The van der Waals surface area contributed by atoms with Gasteiger partial charge >= 0.3 is 0 Å². The normalized spacial score (nSPS) is 23.7. The largest absolute Gasteiger partial charge is 0.472 e. The van der Waals surface area contributed by atoms with Crippen LogP contribution in [0.3, 0.4) is 0 Å². The summed E-state index contributed by atoms with van der Waals surface area (Å²) in [5.74, 6) is 1.12. The summed E-state index contributed by atoms with van der Waals surface area (Å²) in [5, 5.41) is 4.19. The van der Waals surface area contributed by atoms with Crippen LogP contribution >= 0.6 is 0 Å². The third-order valence-electron chi connectivity index (χ3n) is 7.06. The second kappa shape index (κ2) is 8.44. The predicted molar refractivity (Wildman–Crippen MR) is 126 cm³/mol. The van der Waals surface area contributed by atoms with Crippen LogP contribution in [0.1, 0.15) is 30.9 Å². The molecule has 2 aromatic heterocycles. The summed E-state index contributed by atoms with van der Waals surface area (Å²) in [7, 11) is -1.75. The van der Waals surface area contributed by atoms with Gasteiger partial charge in [-0.1, -0.05) is 12.1 Å². The van der Waals surface area contributed by atoms with Gasteiger partial charge < -0.3 is 4.74 Å². The monoisotopic (exact) mass is 480 g/mol. The van der Waals surface area contributed by atoms with E-state index in [9.17, 15) is 8.42 Å². The van der Waals surface area contributed by atoms with Crippen LogP contribution in [0.25, 0.3) is 11.3 Å². The summed E-state index contributed by atoms with van der Waals surface area (Å²) in [6.45, 7) is 2.40. The van der Waals surface area contributed by atoms with Crippen LogP contribution < -0.4 is 4.74 Å². The minimum atomic E-state index is -3.60. The van der Waals surface area contributed by atoms with Crippen molar-refractivity contribution in [2.24, 2.45) is 7.05 Å². The van der Waals surface area contributed by atoms with E-state index >= 15 is 0 Å². The molecule has 0 spiro atoms. The Kier molecular flexibility index (Phi) is 5.39. The lowest BCUT2D eigenvalue weighted by atomic mass is 10.1. The van der Waals surface area contributed by atoms with Crippen LogP contribution in [0.2, 0.25) is 0 Å². The van der Waals surface area contributed by atoms with Crippen LogP contribution in [0.5, 0.6) is 5.88 Å². The van der Waals surface area contributed by atoms with E-state index < -0.39 is 10.0 Å².